The van der Waals surface area contributed by atoms with Crippen molar-refractivity contribution in [1.29, 1.82) is 0 Å². The minimum atomic E-state index is 0.0571. The Bertz CT molecular complexity index is 1210. The average molecular weight is 418 g/mol. The maximum Gasteiger partial charge on any atom is 0.255 e. The number of rotatable bonds is 3. The summed E-state index contributed by atoms with van der Waals surface area (Å²) in [6.45, 7) is 5.02. The molecule has 3 aromatic rings. The molecule has 7 nitrogen and oxygen atoms in total. The molecule has 0 saturated carbocycles. The lowest BCUT2D eigenvalue weighted by Gasteiger charge is -2.43. The molecule has 3 aliphatic heterocycles. The van der Waals surface area contributed by atoms with Crippen molar-refractivity contribution in [3.05, 3.63) is 70.0 Å². The Labute approximate surface area is 180 Å². The zero-order valence-corrected chi connectivity index (χ0v) is 17.6. The lowest BCUT2D eigenvalue weighted by Crippen LogP contribution is -2.49. The maximum absolute atomic E-state index is 13.2. The van der Waals surface area contributed by atoms with Crippen LogP contribution in [0, 0.1) is 5.92 Å². The molecule has 7 heteroatoms. The van der Waals surface area contributed by atoms with Gasteiger partial charge in [-0.25, -0.2) is 4.98 Å². The molecular formula is C24H27N5O2. The minimum absolute atomic E-state index is 0.0571. The van der Waals surface area contributed by atoms with E-state index < -0.39 is 0 Å². The number of carbonyl (C=O) groups is 1. The second-order valence-corrected chi connectivity index (χ2v) is 9.30. The number of nitrogens with zero attached hydrogens (tertiary/aromatic N) is 5. The molecule has 2 fully saturated rings. The van der Waals surface area contributed by atoms with Crippen LogP contribution in [0.15, 0.2) is 47.7 Å². The van der Waals surface area contributed by atoms with Gasteiger partial charge in [0.15, 0.2) is 0 Å². The molecule has 3 aromatic heterocycles. The van der Waals surface area contributed by atoms with Crippen LogP contribution in [0.25, 0.3) is 5.65 Å². The molecule has 0 unspecified atom stereocenters. The van der Waals surface area contributed by atoms with Gasteiger partial charge >= 0.3 is 0 Å². The molecule has 2 bridgehead atoms. The molecule has 160 valence electrons. The Morgan fingerprint density at radius 2 is 1.94 bits per heavy atom. The predicted molar refractivity (Wildman–Crippen MR) is 117 cm³/mol. The van der Waals surface area contributed by atoms with Crippen LogP contribution in [-0.4, -0.2) is 55.8 Å². The Morgan fingerprint density at radius 1 is 1.06 bits per heavy atom. The van der Waals surface area contributed by atoms with Crippen LogP contribution in [0.4, 0.5) is 0 Å². The summed E-state index contributed by atoms with van der Waals surface area (Å²) in [5, 5.41) is 0. The third-order valence-corrected chi connectivity index (χ3v) is 7.21. The summed E-state index contributed by atoms with van der Waals surface area (Å²) < 4.78 is 3.91. The van der Waals surface area contributed by atoms with Gasteiger partial charge in [-0.1, -0.05) is 6.07 Å². The summed E-state index contributed by atoms with van der Waals surface area (Å²) in [4.78, 5) is 35.1. The minimum Gasteiger partial charge on any atom is -0.338 e. The van der Waals surface area contributed by atoms with Gasteiger partial charge in [0.25, 0.3) is 11.5 Å². The number of carbonyl (C=O) groups excluding carboxylic acids is 1. The molecule has 0 N–H and O–H groups in total. The van der Waals surface area contributed by atoms with Crippen LogP contribution in [0.5, 0.6) is 0 Å². The van der Waals surface area contributed by atoms with Gasteiger partial charge in [-0.15, -0.1) is 0 Å². The van der Waals surface area contributed by atoms with Crippen molar-refractivity contribution in [3.8, 4) is 0 Å². The molecule has 0 spiro atoms. The van der Waals surface area contributed by atoms with Gasteiger partial charge in [0.1, 0.15) is 5.65 Å². The molecule has 2 atom stereocenters. The second-order valence-electron chi connectivity index (χ2n) is 9.30. The van der Waals surface area contributed by atoms with Crippen LogP contribution < -0.4 is 5.56 Å². The molecule has 3 aliphatic rings. The second kappa shape index (κ2) is 7.34. The summed E-state index contributed by atoms with van der Waals surface area (Å²) in [5.41, 5.74) is 3.63. The lowest BCUT2D eigenvalue weighted by atomic mass is 9.82. The van der Waals surface area contributed by atoms with Gasteiger partial charge in [0.05, 0.1) is 0 Å². The molecule has 1 amide bonds. The van der Waals surface area contributed by atoms with E-state index in [9.17, 15) is 9.59 Å². The first-order valence-electron chi connectivity index (χ1n) is 11.3. The quantitative estimate of drug-likeness (QED) is 0.656. The molecule has 2 saturated heterocycles. The Hall–Kier alpha value is -2.93. The third-order valence-electron chi connectivity index (χ3n) is 7.21. The average Bonchev–Trinajstić information content (AvgIpc) is 3.46. The summed E-state index contributed by atoms with van der Waals surface area (Å²) in [6, 6.07) is 7.89. The van der Waals surface area contributed by atoms with Crippen molar-refractivity contribution in [2.45, 2.75) is 38.3 Å². The number of likely N-dealkylation sites (tertiary alicyclic amines) is 2. The number of pyridine rings is 2. The third kappa shape index (κ3) is 3.28. The van der Waals surface area contributed by atoms with Gasteiger partial charge in [-0.3, -0.25) is 14.5 Å². The largest absolute Gasteiger partial charge is 0.338 e. The summed E-state index contributed by atoms with van der Waals surface area (Å²) in [5.74, 6) is 0.604. The van der Waals surface area contributed by atoms with E-state index in [4.69, 9.17) is 0 Å². The van der Waals surface area contributed by atoms with Crippen molar-refractivity contribution >= 4 is 11.6 Å². The highest BCUT2D eigenvalue weighted by atomic mass is 16.2. The Balaban J connectivity index is 1.25. The zero-order valence-electron chi connectivity index (χ0n) is 17.6. The number of hydrogen-bond acceptors (Lipinski definition) is 4. The molecule has 0 radical (unpaired) electrons. The highest BCUT2D eigenvalue weighted by Crippen LogP contribution is 2.35. The highest BCUT2D eigenvalue weighted by molar-refractivity contribution is 5.95. The fraction of sp³-hybridized carbons (Fsp3) is 0.458. The van der Waals surface area contributed by atoms with E-state index in [0.29, 0.717) is 31.1 Å². The topological polar surface area (TPSA) is 62.9 Å². The maximum atomic E-state index is 13.2. The van der Waals surface area contributed by atoms with Crippen molar-refractivity contribution < 1.29 is 4.79 Å². The Kier molecular flexibility index (Phi) is 4.45. The molecular weight excluding hydrogens is 390 g/mol. The van der Waals surface area contributed by atoms with E-state index in [1.54, 1.807) is 6.20 Å². The van der Waals surface area contributed by atoms with Gasteiger partial charge in [0, 0.05) is 67.5 Å². The van der Waals surface area contributed by atoms with E-state index in [-0.39, 0.29) is 17.4 Å². The highest BCUT2D eigenvalue weighted by Gasteiger charge is 2.37. The van der Waals surface area contributed by atoms with Crippen molar-refractivity contribution in [1.82, 2.24) is 23.8 Å². The Morgan fingerprint density at radius 3 is 2.81 bits per heavy atom. The van der Waals surface area contributed by atoms with Gasteiger partial charge in [-0.05, 0) is 56.5 Å². The van der Waals surface area contributed by atoms with E-state index >= 15 is 0 Å². The summed E-state index contributed by atoms with van der Waals surface area (Å²) >= 11 is 0. The predicted octanol–water partition coefficient (Wildman–Crippen LogP) is 2.35. The zero-order chi connectivity index (χ0) is 20.9. The van der Waals surface area contributed by atoms with Crippen molar-refractivity contribution in [3.63, 3.8) is 0 Å². The number of amides is 1. The normalized spacial score (nSPS) is 23.3. The molecule has 31 heavy (non-hydrogen) atoms. The first-order valence-corrected chi connectivity index (χ1v) is 11.3. The number of imidazole rings is 1. The van der Waals surface area contributed by atoms with Gasteiger partial charge in [-0.2, -0.15) is 0 Å². The summed E-state index contributed by atoms with van der Waals surface area (Å²) in [6.07, 6.45) is 9.01. The fourth-order valence-corrected chi connectivity index (χ4v) is 5.68. The fourth-order valence-electron chi connectivity index (χ4n) is 5.68. The SMILES string of the molecule is O=C(c1ccn2ccnc2c1)N1C[C@@H]2C[C@H](C1)c1ccc(CN3CCCC3)c(=O)n1C2. The van der Waals surface area contributed by atoms with Crippen LogP contribution in [0.1, 0.15) is 46.8 Å². The van der Waals surface area contributed by atoms with Gasteiger partial charge < -0.3 is 13.9 Å². The van der Waals surface area contributed by atoms with E-state index in [2.05, 4.69) is 16.0 Å². The van der Waals surface area contributed by atoms with E-state index in [0.717, 1.165) is 43.0 Å². The lowest BCUT2D eigenvalue weighted by molar-refractivity contribution is 0.0594. The standard InChI is InChI=1S/C24H27N5O2/c30-23(18-5-9-27-10-6-25-22(27)12-18)28-13-17-11-20(16-28)21-4-3-19(24(31)29(21)14-17)15-26-7-1-2-8-26/h3-6,9-10,12,17,20H,1-2,7-8,11,13-16H2/t17-,20+/m0/s1. The van der Waals surface area contributed by atoms with Crippen LogP contribution >= 0.6 is 0 Å². The van der Waals surface area contributed by atoms with Crippen molar-refractivity contribution in [2.24, 2.45) is 5.92 Å². The number of hydrogen-bond donors (Lipinski definition) is 0. The number of fused-ring (bicyclic) bond motifs is 5. The van der Waals surface area contributed by atoms with E-state index in [1.165, 1.54) is 12.8 Å². The first kappa shape index (κ1) is 18.8. The van der Waals surface area contributed by atoms with Crippen molar-refractivity contribution in [2.75, 3.05) is 26.2 Å². The summed E-state index contributed by atoms with van der Waals surface area (Å²) in [7, 11) is 0. The number of piperidine rings is 1. The molecule has 6 rings (SSSR count). The van der Waals surface area contributed by atoms with Crippen LogP contribution in [0.3, 0.4) is 0 Å². The van der Waals surface area contributed by atoms with E-state index in [1.807, 2.05) is 44.5 Å². The molecule has 0 aromatic carbocycles. The van der Waals surface area contributed by atoms with Crippen LogP contribution in [-0.2, 0) is 13.1 Å². The molecule has 0 aliphatic carbocycles. The number of aromatic nitrogens is 3. The first-order chi connectivity index (χ1) is 15.2. The molecule has 6 heterocycles. The van der Waals surface area contributed by atoms with Gasteiger partial charge in [0.2, 0.25) is 0 Å². The van der Waals surface area contributed by atoms with Crippen LogP contribution in [0.2, 0.25) is 0 Å². The monoisotopic (exact) mass is 417 g/mol. The smallest absolute Gasteiger partial charge is 0.255 e.